The molecule has 0 rings (SSSR count). The average Bonchev–Trinajstić information content (AvgIpc) is 1.35. The minimum atomic E-state index is 0.461. The van der Waals surface area contributed by atoms with E-state index < -0.39 is 0 Å². The molecule has 0 aliphatic carbocycles. The quantitative estimate of drug-likeness (QED) is 0.463. The first-order chi connectivity index (χ1) is 2.77. The van der Waals surface area contributed by atoms with Crippen molar-refractivity contribution in [2.45, 2.75) is 23.5 Å². The molecule has 0 heterocycles. The second-order valence-corrected chi connectivity index (χ2v) is 3.84. The first-order valence-corrected chi connectivity index (χ1v) is 3.59. The molecular formula is C4H8BrFe. The van der Waals surface area contributed by atoms with Crippen LogP contribution >= 0.6 is 15.9 Å². The van der Waals surface area contributed by atoms with E-state index in [2.05, 4.69) is 38.9 Å². The molecule has 0 N–H and O–H groups in total. The maximum absolute atomic E-state index is 3.74. The summed E-state index contributed by atoms with van der Waals surface area (Å²) in [6.45, 7) is 2.15. The van der Waals surface area contributed by atoms with Gasteiger partial charge in [-0.3, -0.25) is 0 Å². The maximum atomic E-state index is 3.74. The molecule has 0 aliphatic rings. The fourth-order valence-electron chi connectivity index (χ4n) is 0.211. The zero-order chi connectivity index (χ0) is 4.99. The molecule has 0 saturated carbocycles. The van der Waals surface area contributed by atoms with E-state index in [9.17, 15) is 0 Å². The first kappa shape index (κ1) is 7.00. The molecule has 0 aromatic heterocycles. The molecule has 0 aromatic rings. The van der Waals surface area contributed by atoms with Crippen molar-refractivity contribution in [3.8, 4) is 0 Å². The van der Waals surface area contributed by atoms with Gasteiger partial charge in [0.2, 0.25) is 0 Å². The van der Waals surface area contributed by atoms with Crippen LogP contribution in [-0.2, 0) is 16.0 Å². The molecule has 0 fully saturated rings. The molecule has 39 valence electrons. The van der Waals surface area contributed by atoms with Crippen LogP contribution in [0.25, 0.3) is 0 Å². The summed E-state index contributed by atoms with van der Waals surface area (Å²) in [6, 6.07) is 0. The van der Waals surface area contributed by atoms with Crippen molar-refractivity contribution in [3.63, 3.8) is 0 Å². The van der Waals surface area contributed by atoms with Crippen LogP contribution in [0.1, 0.15) is 19.8 Å². The third-order valence-electron chi connectivity index (χ3n) is 0.500. The standard InChI is InChI=1S/C4H8Br.Fe/c1-2-3-4-5;/h4H,2-3H2,1H3;. The number of rotatable bonds is 2. The van der Waals surface area contributed by atoms with Crippen LogP contribution in [0, 0.1) is 0 Å². The van der Waals surface area contributed by atoms with Crippen molar-refractivity contribution >= 4 is 15.9 Å². The molecule has 1 atom stereocenters. The number of halogens is 1. The predicted octanol–water partition coefficient (Wildman–Crippen LogP) is 2.05. The van der Waals surface area contributed by atoms with Gasteiger partial charge in [0.15, 0.2) is 0 Å². The summed E-state index contributed by atoms with van der Waals surface area (Å²) >= 11 is 7.07. The average molecular weight is 192 g/mol. The SMILES string of the molecule is CCC[CH]([Fe])Br. The first-order valence-electron chi connectivity index (χ1n) is 2.04. The Bertz CT molecular complexity index is 28.7. The van der Waals surface area contributed by atoms with Gasteiger partial charge in [0.25, 0.3) is 0 Å². The van der Waals surface area contributed by atoms with Crippen molar-refractivity contribution in [2.24, 2.45) is 0 Å². The van der Waals surface area contributed by atoms with Gasteiger partial charge in [-0.2, -0.15) is 0 Å². The molecule has 6 heavy (non-hydrogen) atoms. The fourth-order valence-corrected chi connectivity index (χ4v) is 0.988. The number of hydrogen-bond acceptors (Lipinski definition) is 0. The van der Waals surface area contributed by atoms with E-state index in [1.807, 2.05) is 0 Å². The molecule has 0 amide bonds. The molecule has 0 aromatic carbocycles. The normalized spacial score (nSPS) is 14.5. The van der Waals surface area contributed by atoms with E-state index >= 15 is 0 Å². The van der Waals surface area contributed by atoms with Crippen LogP contribution in [-0.4, -0.2) is 3.73 Å². The zero-order valence-electron chi connectivity index (χ0n) is 3.72. The van der Waals surface area contributed by atoms with Gasteiger partial charge in [-0.05, 0) is 0 Å². The summed E-state index contributed by atoms with van der Waals surface area (Å²) in [4.78, 5) is 0. The van der Waals surface area contributed by atoms with Crippen LogP contribution in [0.5, 0.6) is 0 Å². The van der Waals surface area contributed by atoms with Gasteiger partial charge in [0.1, 0.15) is 0 Å². The van der Waals surface area contributed by atoms with Crippen LogP contribution in [0.3, 0.4) is 0 Å². The molecule has 0 spiro atoms. The summed E-state index contributed by atoms with van der Waals surface area (Å²) < 4.78 is 0.461. The van der Waals surface area contributed by atoms with Gasteiger partial charge < -0.3 is 0 Å². The second kappa shape index (κ2) is 4.17. The van der Waals surface area contributed by atoms with E-state index in [-0.39, 0.29) is 0 Å². The minimum absolute atomic E-state index is 0.461. The van der Waals surface area contributed by atoms with E-state index in [1.54, 1.807) is 0 Å². The molecular weight excluding hydrogens is 184 g/mol. The van der Waals surface area contributed by atoms with Crippen molar-refractivity contribution in [2.75, 3.05) is 0 Å². The summed E-state index contributed by atoms with van der Waals surface area (Å²) in [6.07, 6.45) is 2.40. The molecule has 0 bridgehead atoms. The van der Waals surface area contributed by atoms with E-state index in [0.717, 1.165) is 0 Å². The number of hydrogen-bond donors (Lipinski definition) is 0. The molecule has 0 nitrogen and oxygen atoms in total. The Hall–Kier alpha value is 0.999. The Morgan fingerprint density at radius 1 is 1.83 bits per heavy atom. The van der Waals surface area contributed by atoms with Gasteiger partial charge in [-0.1, -0.05) is 0 Å². The van der Waals surface area contributed by atoms with Crippen molar-refractivity contribution in [1.82, 2.24) is 0 Å². The monoisotopic (exact) mass is 191 g/mol. The summed E-state index contributed by atoms with van der Waals surface area (Å²) in [5.74, 6) is 0. The molecule has 1 unspecified atom stereocenters. The van der Waals surface area contributed by atoms with E-state index in [4.69, 9.17) is 0 Å². The van der Waals surface area contributed by atoms with Gasteiger partial charge in [-0.25, -0.2) is 0 Å². The Balaban J connectivity index is 2.63. The van der Waals surface area contributed by atoms with E-state index in [0.29, 0.717) is 3.73 Å². The zero-order valence-corrected chi connectivity index (χ0v) is 6.41. The topological polar surface area (TPSA) is 0 Å². The Morgan fingerprint density at radius 3 is 2.33 bits per heavy atom. The Labute approximate surface area is 55.6 Å². The summed E-state index contributed by atoms with van der Waals surface area (Å²) in [7, 11) is 0. The molecule has 0 aliphatic heterocycles. The second-order valence-electron chi connectivity index (χ2n) is 1.16. The summed E-state index contributed by atoms with van der Waals surface area (Å²) in [5, 5.41) is 0. The van der Waals surface area contributed by atoms with Gasteiger partial charge >= 0.3 is 55.4 Å². The Morgan fingerprint density at radius 2 is 2.33 bits per heavy atom. The predicted molar refractivity (Wildman–Crippen MR) is 27.6 cm³/mol. The third-order valence-corrected chi connectivity index (χ3v) is 1.28. The molecule has 0 radical (unpaired) electrons. The summed E-state index contributed by atoms with van der Waals surface area (Å²) in [5.41, 5.74) is 0. The van der Waals surface area contributed by atoms with E-state index in [1.165, 1.54) is 12.8 Å². The van der Waals surface area contributed by atoms with Crippen LogP contribution in [0.4, 0.5) is 0 Å². The van der Waals surface area contributed by atoms with Crippen LogP contribution < -0.4 is 0 Å². The van der Waals surface area contributed by atoms with Crippen LogP contribution in [0.2, 0.25) is 0 Å². The van der Waals surface area contributed by atoms with Gasteiger partial charge in [0.05, 0.1) is 0 Å². The number of alkyl halides is 1. The molecule has 0 saturated heterocycles. The van der Waals surface area contributed by atoms with Crippen LogP contribution in [0.15, 0.2) is 0 Å². The Kier molecular flexibility index (Phi) is 4.86. The van der Waals surface area contributed by atoms with Crippen molar-refractivity contribution < 1.29 is 16.0 Å². The fraction of sp³-hybridized carbons (Fsp3) is 1.00. The molecule has 2 heteroatoms. The third kappa shape index (κ3) is 5.00. The van der Waals surface area contributed by atoms with Gasteiger partial charge in [0, 0.05) is 0 Å². The van der Waals surface area contributed by atoms with Gasteiger partial charge in [-0.15, -0.1) is 0 Å². The van der Waals surface area contributed by atoms with Crippen molar-refractivity contribution in [1.29, 1.82) is 0 Å². The van der Waals surface area contributed by atoms with Crippen molar-refractivity contribution in [3.05, 3.63) is 0 Å².